The zero-order valence-corrected chi connectivity index (χ0v) is 17.1. The number of amides is 1. The Morgan fingerprint density at radius 2 is 1.64 bits per heavy atom. The summed E-state index contributed by atoms with van der Waals surface area (Å²) in [5.74, 6) is -0.457. The average Bonchev–Trinajstić information content (AvgIpc) is 2.69. The predicted octanol–water partition coefficient (Wildman–Crippen LogP) is 2.62. The van der Waals surface area contributed by atoms with Crippen LogP contribution in [-0.4, -0.2) is 23.3 Å². The Kier molecular flexibility index (Phi) is 7.41. The van der Waals surface area contributed by atoms with E-state index in [-0.39, 0.29) is 28.9 Å². The molecule has 0 fully saturated rings. The third kappa shape index (κ3) is 7.68. The Hall–Kier alpha value is -1.24. The van der Waals surface area contributed by atoms with Crippen LogP contribution in [-0.2, 0) is 38.4 Å². The van der Waals surface area contributed by atoms with Gasteiger partial charge in [-0.3, -0.25) is 0 Å². The van der Waals surface area contributed by atoms with Gasteiger partial charge in [0.2, 0.25) is 0 Å². The van der Waals surface area contributed by atoms with E-state index in [1.807, 2.05) is 0 Å². The maximum Gasteiger partial charge on any atom is 0.407 e. The minimum absolute atomic E-state index is 0. The molecule has 0 aliphatic rings. The molecule has 0 bridgehead atoms. The smallest absolute Gasteiger partial charge is 0.407 e. The average molecular weight is 476 g/mol. The molecule has 0 spiro atoms. The molecular weight excluding hydrogens is 453 g/mol. The number of aromatic nitrogens is 1. The summed E-state index contributed by atoms with van der Waals surface area (Å²) < 4.78 is 10.4. The van der Waals surface area contributed by atoms with E-state index >= 15 is 0 Å². The molecule has 0 aliphatic carbocycles. The standard InChI is InChI=1S/C15H24N2O4.Ta/c1-14(2,3)20-12(18)10-7-8-16-11(10)9-17-13(19)21-15(4,5)6;/h7-8H,9H2,1-6H3,(H2,16,17,18,19);/p-1. The molecule has 1 amide bonds. The first-order valence-corrected chi connectivity index (χ1v) is 6.79. The molecular formula is C15H23N2O4Ta-. The summed E-state index contributed by atoms with van der Waals surface area (Å²) in [6.45, 7) is 10.8. The van der Waals surface area contributed by atoms with E-state index in [1.165, 1.54) is 6.20 Å². The van der Waals surface area contributed by atoms with Gasteiger partial charge in [-0.15, -0.1) is 5.69 Å². The number of nitrogens with one attached hydrogen (secondary N) is 1. The van der Waals surface area contributed by atoms with Crippen LogP contribution in [0, 0.1) is 0 Å². The SMILES string of the molecule is CC(C)(C)OC(=O)NCc1[n-]ccc1C(=O)OC(C)(C)C.[Ta]. The van der Waals surface area contributed by atoms with Crippen molar-refractivity contribution in [1.29, 1.82) is 0 Å². The molecule has 1 aromatic heterocycles. The van der Waals surface area contributed by atoms with Crippen LogP contribution in [0.1, 0.15) is 57.6 Å². The number of nitrogens with zero attached hydrogens (tertiary/aromatic N) is 1. The fourth-order valence-electron chi connectivity index (χ4n) is 1.50. The zero-order valence-electron chi connectivity index (χ0n) is 13.9. The van der Waals surface area contributed by atoms with Crippen molar-refractivity contribution < 1.29 is 41.4 Å². The number of ether oxygens (including phenoxy) is 2. The van der Waals surface area contributed by atoms with Crippen LogP contribution in [0.4, 0.5) is 4.79 Å². The molecule has 1 N–H and O–H groups in total. The van der Waals surface area contributed by atoms with Crippen LogP contribution in [0.2, 0.25) is 0 Å². The van der Waals surface area contributed by atoms with E-state index in [2.05, 4.69) is 10.3 Å². The van der Waals surface area contributed by atoms with Crippen molar-refractivity contribution in [2.75, 3.05) is 0 Å². The minimum atomic E-state index is -0.579. The zero-order chi connectivity index (χ0) is 16.3. The van der Waals surface area contributed by atoms with Crippen LogP contribution >= 0.6 is 0 Å². The van der Waals surface area contributed by atoms with E-state index in [9.17, 15) is 9.59 Å². The van der Waals surface area contributed by atoms with Gasteiger partial charge in [0.05, 0.1) is 0 Å². The summed E-state index contributed by atoms with van der Waals surface area (Å²) in [6, 6.07) is 1.57. The number of hydrogen-bond acceptors (Lipinski definition) is 4. The molecule has 0 aliphatic heterocycles. The molecule has 1 rings (SSSR count). The monoisotopic (exact) mass is 476 g/mol. The summed E-state index contributed by atoms with van der Waals surface area (Å²) in [5.41, 5.74) is -0.349. The fourth-order valence-corrected chi connectivity index (χ4v) is 1.50. The summed E-state index contributed by atoms with van der Waals surface area (Å²) in [5, 5.41) is 2.57. The number of carbonyl (C=O) groups excluding carboxylic acids is 2. The number of esters is 1. The summed E-state index contributed by atoms with van der Waals surface area (Å²) >= 11 is 0. The topological polar surface area (TPSA) is 78.7 Å². The van der Waals surface area contributed by atoms with Gasteiger partial charge in [-0.1, -0.05) is 6.07 Å². The number of alkyl carbamates (subject to hydrolysis) is 1. The molecule has 7 heteroatoms. The third-order valence-corrected chi connectivity index (χ3v) is 2.20. The second kappa shape index (κ2) is 7.85. The first-order chi connectivity index (χ1) is 9.48. The van der Waals surface area contributed by atoms with Gasteiger partial charge >= 0.3 is 12.1 Å². The second-order valence-electron chi connectivity index (χ2n) is 6.66. The van der Waals surface area contributed by atoms with Crippen LogP contribution < -0.4 is 10.3 Å². The number of carbonyl (C=O) groups is 2. The minimum Gasteiger partial charge on any atom is -0.665 e. The molecule has 0 saturated carbocycles. The maximum atomic E-state index is 12.0. The van der Waals surface area contributed by atoms with Gasteiger partial charge in [-0.2, -0.15) is 6.20 Å². The van der Waals surface area contributed by atoms with Gasteiger partial charge in [0, 0.05) is 34.5 Å². The largest absolute Gasteiger partial charge is 0.665 e. The summed E-state index contributed by atoms with van der Waals surface area (Å²) in [6.07, 6.45) is 0.950. The molecule has 0 atom stereocenters. The normalized spacial score (nSPS) is 11.4. The van der Waals surface area contributed by atoms with Gasteiger partial charge in [-0.05, 0) is 41.5 Å². The Labute approximate surface area is 146 Å². The van der Waals surface area contributed by atoms with E-state index in [0.29, 0.717) is 11.3 Å². The molecule has 22 heavy (non-hydrogen) atoms. The number of hydrogen-bond donors (Lipinski definition) is 1. The fraction of sp³-hybridized carbons (Fsp3) is 0.600. The molecule has 0 saturated heterocycles. The molecule has 1 heterocycles. The molecule has 0 aromatic carbocycles. The van der Waals surface area contributed by atoms with Gasteiger partial charge in [0.1, 0.15) is 11.2 Å². The van der Waals surface area contributed by atoms with Crippen molar-refractivity contribution in [2.24, 2.45) is 0 Å². The van der Waals surface area contributed by atoms with Gasteiger partial charge < -0.3 is 19.8 Å². The summed E-state index contributed by atoms with van der Waals surface area (Å²) in [4.78, 5) is 27.7. The molecule has 1 aromatic rings. The predicted molar refractivity (Wildman–Crippen MR) is 78.0 cm³/mol. The van der Waals surface area contributed by atoms with E-state index in [0.717, 1.165) is 0 Å². The quantitative estimate of drug-likeness (QED) is 0.679. The molecule has 123 valence electrons. The van der Waals surface area contributed by atoms with E-state index in [4.69, 9.17) is 9.47 Å². The molecule has 6 nitrogen and oxygen atoms in total. The first kappa shape index (κ1) is 20.8. The van der Waals surface area contributed by atoms with Crippen molar-refractivity contribution in [3.63, 3.8) is 0 Å². The Morgan fingerprint density at radius 3 is 2.14 bits per heavy atom. The van der Waals surface area contributed by atoms with Crippen molar-refractivity contribution in [2.45, 2.75) is 59.3 Å². The third-order valence-electron chi connectivity index (χ3n) is 2.20. The van der Waals surface area contributed by atoms with E-state index in [1.54, 1.807) is 47.6 Å². The van der Waals surface area contributed by atoms with Crippen LogP contribution in [0.3, 0.4) is 0 Å². The Balaban J connectivity index is 0.00000441. The van der Waals surface area contributed by atoms with Crippen LogP contribution in [0.25, 0.3) is 0 Å². The van der Waals surface area contributed by atoms with Crippen LogP contribution in [0.15, 0.2) is 12.3 Å². The van der Waals surface area contributed by atoms with Gasteiger partial charge in [-0.25, -0.2) is 9.59 Å². The van der Waals surface area contributed by atoms with Gasteiger partial charge in [0.15, 0.2) is 0 Å². The first-order valence-electron chi connectivity index (χ1n) is 6.79. The molecule has 1 radical (unpaired) electrons. The molecule has 0 unspecified atom stereocenters. The number of rotatable bonds is 3. The van der Waals surface area contributed by atoms with Crippen molar-refractivity contribution in [3.8, 4) is 0 Å². The second-order valence-corrected chi connectivity index (χ2v) is 6.66. The van der Waals surface area contributed by atoms with Crippen molar-refractivity contribution in [1.82, 2.24) is 10.3 Å². The van der Waals surface area contributed by atoms with Crippen molar-refractivity contribution in [3.05, 3.63) is 23.5 Å². The maximum absolute atomic E-state index is 12.0. The van der Waals surface area contributed by atoms with Crippen molar-refractivity contribution >= 4 is 12.1 Å². The van der Waals surface area contributed by atoms with E-state index < -0.39 is 23.3 Å². The Morgan fingerprint density at radius 1 is 1.09 bits per heavy atom. The van der Waals surface area contributed by atoms with Gasteiger partial charge in [0.25, 0.3) is 0 Å². The Bertz CT molecular complexity index is 512. The summed E-state index contributed by atoms with van der Waals surface area (Å²) in [7, 11) is 0. The van der Waals surface area contributed by atoms with Crippen LogP contribution in [0.5, 0.6) is 0 Å².